The smallest absolute Gasteiger partial charge is 0.409 e. The standard InChI is InChI=1S/C14H24N6O4/c1-3-24-14(23)19-8-6-18(7-9-19)12(15-2)16-4-5-20-11(21)10-17-13(20)22/h3-10H2,1-2H3,(H,15,16)(H,17,22). The summed E-state index contributed by atoms with van der Waals surface area (Å²) in [5, 5.41) is 5.62. The number of nitrogens with zero attached hydrogens (tertiary/aromatic N) is 4. The normalized spacial score (nSPS) is 18.8. The average molecular weight is 340 g/mol. The van der Waals surface area contributed by atoms with Gasteiger partial charge in [-0.05, 0) is 6.92 Å². The van der Waals surface area contributed by atoms with Crippen molar-refractivity contribution in [1.29, 1.82) is 0 Å². The van der Waals surface area contributed by atoms with E-state index in [1.165, 1.54) is 4.90 Å². The predicted octanol–water partition coefficient (Wildman–Crippen LogP) is -1.11. The summed E-state index contributed by atoms with van der Waals surface area (Å²) in [6, 6.07) is -0.361. The van der Waals surface area contributed by atoms with E-state index in [-0.39, 0.29) is 31.1 Å². The molecule has 4 amide bonds. The first-order valence-electron chi connectivity index (χ1n) is 8.02. The van der Waals surface area contributed by atoms with Crippen LogP contribution >= 0.6 is 0 Å². The van der Waals surface area contributed by atoms with Crippen LogP contribution < -0.4 is 10.6 Å². The molecule has 0 aromatic carbocycles. The van der Waals surface area contributed by atoms with Crippen molar-refractivity contribution in [2.24, 2.45) is 4.99 Å². The van der Waals surface area contributed by atoms with Gasteiger partial charge in [0.1, 0.15) is 0 Å². The lowest BCUT2D eigenvalue weighted by Crippen LogP contribution is -2.54. The van der Waals surface area contributed by atoms with Crippen molar-refractivity contribution in [2.45, 2.75) is 6.92 Å². The highest BCUT2D eigenvalue weighted by atomic mass is 16.6. The first-order valence-corrected chi connectivity index (χ1v) is 8.02. The molecule has 0 atom stereocenters. The summed E-state index contributed by atoms with van der Waals surface area (Å²) >= 11 is 0. The van der Waals surface area contributed by atoms with Gasteiger partial charge in [-0.25, -0.2) is 9.59 Å². The topological polar surface area (TPSA) is 107 Å². The highest BCUT2D eigenvalue weighted by Crippen LogP contribution is 2.04. The summed E-state index contributed by atoms with van der Waals surface area (Å²) in [6.07, 6.45) is -0.293. The molecule has 2 heterocycles. The molecule has 0 aromatic heterocycles. The van der Waals surface area contributed by atoms with Crippen LogP contribution in [0.3, 0.4) is 0 Å². The average Bonchev–Trinajstić information content (AvgIpc) is 2.91. The van der Waals surface area contributed by atoms with Crippen molar-refractivity contribution in [3.05, 3.63) is 0 Å². The minimum absolute atomic E-state index is 0.0589. The second-order valence-corrected chi connectivity index (χ2v) is 5.35. The number of aliphatic imine (C=N–C) groups is 1. The van der Waals surface area contributed by atoms with Gasteiger partial charge in [-0.2, -0.15) is 0 Å². The summed E-state index contributed by atoms with van der Waals surface area (Å²) in [4.78, 5) is 43.7. The Labute approximate surface area is 140 Å². The molecule has 2 rings (SSSR count). The summed E-state index contributed by atoms with van der Waals surface area (Å²) in [5.74, 6) is 0.463. The van der Waals surface area contributed by atoms with E-state index in [4.69, 9.17) is 4.74 Å². The number of carbonyl (C=O) groups excluding carboxylic acids is 3. The van der Waals surface area contributed by atoms with Gasteiger partial charge in [0.05, 0.1) is 13.2 Å². The van der Waals surface area contributed by atoms with Gasteiger partial charge < -0.3 is 25.2 Å². The number of nitrogens with one attached hydrogen (secondary N) is 2. The Balaban J connectivity index is 1.76. The van der Waals surface area contributed by atoms with Gasteiger partial charge in [0, 0.05) is 46.3 Å². The molecule has 0 aromatic rings. The fraction of sp³-hybridized carbons (Fsp3) is 0.714. The van der Waals surface area contributed by atoms with Crippen molar-refractivity contribution in [3.63, 3.8) is 0 Å². The molecule has 2 N–H and O–H groups in total. The van der Waals surface area contributed by atoms with Crippen molar-refractivity contribution >= 4 is 24.0 Å². The molecule has 10 nitrogen and oxygen atoms in total. The fourth-order valence-corrected chi connectivity index (χ4v) is 2.61. The highest BCUT2D eigenvalue weighted by molar-refractivity contribution is 6.01. The number of rotatable bonds is 4. The van der Waals surface area contributed by atoms with Gasteiger partial charge >= 0.3 is 12.1 Å². The Morgan fingerprint density at radius 1 is 1.25 bits per heavy atom. The van der Waals surface area contributed by atoms with Crippen molar-refractivity contribution in [2.75, 3.05) is 59.5 Å². The predicted molar refractivity (Wildman–Crippen MR) is 86.6 cm³/mol. The van der Waals surface area contributed by atoms with Gasteiger partial charge in [-0.15, -0.1) is 0 Å². The summed E-state index contributed by atoms with van der Waals surface area (Å²) in [7, 11) is 1.67. The van der Waals surface area contributed by atoms with Crippen LogP contribution in [0.4, 0.5) is 9.59 Å². The van der Waals surface area contributed by atoms with Crippen molar-refractivity contribution in [1.82, 2.24) is 25.3 Å². The second kappa shape index (κ2) is 8.37. The van der Waals surface area contributed by atoms with Crippen LogP contribution in [0.15, 0.2) is 4.99 Å². The monoisotopic (exact) mass is 340 g/mol. The zero-order valence-electron chi connectivity index (χ0n) is 14.1. The van der Waals surface area contributed by atoms with Gasteiger partial charge in [0.15, 0.2) is 5.96 Å². The number of hydrogen-bond acceptors (Lipinski definition) is 5. The van der Waals surface area contributed by atoms with Crippen LogP contribution in [0.5, 0.6) is 0 Å². The summed E-state index contributed by atoms with van der Waals surface area (Å²) in [5.41, 5.74) is 0. The van der Waals surface area contributed by atoms with E-state index in [1.54, 1.807) is 18.9 Å². The lowest BCUT2D eigenvalue weighted by molar-refractivity contribution is -0.124. The number of urea groups is 1. The maximum absolute atomic E-state index is 11.7. The third-order valence-corrected chi connectivity index (χ3v) is 3.87. The molecule has 0 radical (unpaired) electrons. The Morgan fingerprint density at radius 3 is 2.46 bits per heavy atom. The highest BCUT2D eigenvalue weighted by Gasteiger charge is 2.28. The van der Waals surface area contributed by atoms with Crippen LogP contribution in [-0.2, 0) is 9.53 Å². The van der Waals surface area contributed by atoms with E-state index in [2.05, 4.69) is 15.6 Å². The van der Waals surface area contributed by atoms with Gasteiger partial charge in [0.2, 0.25) is 5.91 Å². The molecule has 0 spiro atoms. The Bertz CT molecular complexity index is 499. The van der Waals surface area contributed by atoms with Crippen LogP contribution in [0.25, 0.3) is 0 Å². The number of imide groups is 1. The number of carbonyl (C=O) groups is 3. The van der Waals surface area contributed by atoms with Crippen molar-refractivity contribution < 1.29 is 19.1 Å². The van der Waals surface area contributed by atoms with E-state index in [9.17, 15) is 14.4 Å². The van der Waals surface area contributed by atoms with Crippen LogP contribution in [0, 0.1) is 0 Å². The third-order valence-electron chi connectivity index (χ3n) is 3.87. The van der Waals surface area contributed by atoms with Gasteiger partial charge in [0.25, 0.3) is 0 Å². The number of guanidine groups is 1. The van der Waals surface area contributed by atoms with Crippen LogP contribution in [-0.4, -0.2) is 98.2 Å². The molecular weight excluding hydrogens is 316 g/mol. The zero-order chi connectivity index (χ0) is 17.5. The van der Waals surface area contributed by atoms with E-state index in [0.717, 1.165) is 0 Å². The number of hydrogen-bond donors (Lipinski definition) is 2. The number of piperazine rings is 1. The number of amides is 4. The Morgan fingerprint density at radius 2 is 1.92 bits per heavy atom. The maximum atomic E-state index is 11.7. The van der Waals surface area contributed by atoms with Gasteiger partial charge in [-0.3, -0.25) is 14.7 Å². The molecule has 134 valence electrons. The van der Waals surface area contributed by atoms with Crippen LogP contribution in [0.2, 0.25) is 0 Å². The van der Waals surface area contributed by atoms with E-state index >= 15 is 0 Å². The lowest BCUT2D eigenvalue weighted by atomic mass is 10.3. The largest absolute Gasteiger partial charge is 0.450 e. The Kier molecular flexibility index (Phi) is 6.21. The molecule has 0 saturated carbocycles. The maximum Gasteiger partial charge on any atom is 0.409 e. The van der Waals surface area contributed by atoms with E-state index in [1.807, 2.05) is 4.90 Å². The first kappa shape index (κ1) is 17.8. The molecular formula is C14H24N6O4. The second-order valence-electron chi connectivity index (χ2n) is 5.35. The molecule has 2 aliphatic rings. The third kappa shape index (κ3) is 4.27. The number of ether oxygens (including phenoxy) is 1. The lowest BCUT2D eigenvalue weighted by Gasteiger charge is -2.35. The molecule has 10 heteroatoms. The molecule has 2 saturated heterocycles. The van der Waals surface area contributed by atoms with E-state index < -0.39 is 0 Å². The van der Waals surface area contributed by atoms with E-state index in [0.29, 0.717) is 45.3 Å². The Hall–Kier alpha value is -2.52. The molecule has 0 bridgehead atoms. The molecule has 2 aliphatic heterocycles. The molecule has 0 unspecified atom stereocenters. The first-order chi connectivity index (χ1) is 11.6. The zero-order valence-corrected chi connectivity index (χ0v) is 14.1. The quantitative estimate of drug-likeness (QED) is 0.382. The minimum Gasteiger partial charge on any atom is -0.450 e. The SMILES string of the molecule is CCOC(=O)N1CCN(C(=NC)NCCN2C(=O)CNC2=O)CC1. The summed E-state index contributed by atoms with van der Waals surface area (Å²) < 4.78 is 4.99. The van der Waals surface area contributed by atoms with Gasteiger partial charge in [-0.1, -0.05) is 0 Å². The molecule has 0 aliphatic carbocycles. The minimum atomic E-state index is -0.361. The molecule has 2 fully saturated rings. The molecule has 24 heavy (non-hydrogen) atoms. The van der Waals surface area contributed by atoms with Crippen molar-refractivity contribution in [3.8, 4) is 0 Å². The summed E-state index contributed by atoms with van der Waals surface area (Å²) in [6.45, 7) is 5.32. The van der Waals surface area contributed by atoms with Crippen LogP contribution in [0.1, 0.15) is 6.92 Å². The fourth-order valence-electron chi connectivity index (χ4n) is 2.61.